The number of aliphatic carboxylic acids is 1. The number of carboxylic acid groups (broad SMARTS) is 1. The molecule has 5 atom stereocenters. The van der Waals surface area contributed by atoms with Crippen LogP contribution in [-0.2, 0) is 15.1 Å². The maximum absolute atomic E-state index is 11.6. The van der Waals surface area contributed by atoms with Gasteiger partial charge >= 0.3 is 5.97 Å². The number of halogens is 2. The molecule has 9 nitrogen and oxygen atoms in total. The molecular weight excluding hydrogens is 496 g/mol. The minimum atomic E-state index is -3.05. The molecule has 4 rings (SSSR count). The molecule has 0 bridgehead atoms. The summed E-state index contributed by atoms with van der Waals surface area (Å²) in [6.07, 6.45) is 3.53. The first-order chi connectivity index (χ1) is 14.4. The number of aliphatic hydroxyl groups is 4. The van der Waals surface area contributed by atoms with Gasteiger partial charge in [-0.05, 0) is 34.8 Å². The Balaban J connectivity index is 0.000000330. The van der Waals surface area contributed by atoms with Gasteiger partial charge in [0.25, 0.3) is 0 Å². The third-order valence-electron chi connectivity index (χ3n) is 5.82. The van der Waals surface area contributed by atoms with Crippen molar-refractivity contribution in [3.8, 4) is 0 Å². The summed E-state index contributed by atoms with van der Waals surface area (Å²) in [5.74, 6) is -1.69. The van der Waals surface area contributed by atoms with Crippen LogP contribution in [0.4, 0.5) is 0 Å². The third kappa shape index (κ3) is 4.11. The first-order valence-corrected chi connectivity index (χ1v) is 11.0. The van der Waals surface area contributed by atoms with E-state index in [2.05, 4.69) is 20.9 Å². The van der Waals surface area contributed by atoms with Crippen molar-refractivity contribution in [3.63, 3.8) is 0 Å². The zero-order valence-electron chi connectivity index (χ0n) is 16.5. The molecular formula is C20H26BrClN2O7. The highest BCUT2D eigenvalue weighted by molar-refractivity contribution is 9.10. The number of H-pyrrole nitrogens is 1. The number of aliphatic hydroxyl groups excluding tert-OH is 1. The summed E-state index contributed by atoms with van der Waals surface area (Å²) < 4.78 is 2.09. The molecule has 0 spiro atoms. The quantitative estimate of drug-likeness (QED) is 0.291. The van der Waals surface area contributed by atoms with Crippen LogP contribution in [0, 0.1) is 0 Å². The largest absolute Gasteiger partial charge is 0.479 e. The number of rotatable bonds is 2. The summed E-state index contributed by atoms with van der Waals surface area (Å²) in [6, 6.07) is 7.09. The van der Waals surface area contributed by atoms with Crippen molar-refractivity contribution in [1.29, 1.82) is 0 Å². The number of nitrogens with one attached hydrogen (secondary N) is 1. The average molecular weight is 522 g/mol. The molecule has 2 aromatic rings. The fourth-order valence-corrected chi connectivity index (χ4v) is 4.70. The second-order valence-electron chi connectivity index (χ2n) is 7.91. The van der Waals surface area contributed by atoms with E-state index in [-0.39, 0.29) is 5.56 Å². The number of carbonyl (C=O) groups is 1. The van der Waals surface area contributed by atoms with Gasteiger partial charge in [0.1, 0.15) is 0 Å². The SMILES string of the molecule is NC1CCCCC1.O=C(O)[C@H]1O[C@@H](O)[C@@](O)(Br)[C@](O)(Cl)[C@@]1(O)c1c[nH]c2ccccc12. The van der Waals surface area contributed by atoms with Crippen molar-refractivity contribution in [2.24, 2.45) is 5.73 Å². The Morgan fingerprint density at radius 2 is 1.81 bits per heavy atom. The second kappa shape index (κ2) is 8.95. The lowest BCUT2D eigenvalue weighted by Crippen LogP contribution is -2.75. The fourth-order valence-electron chi connectivity index (χ4n) is 4.00. The summed E-state index contributed by atoms with van der Waals surface area (Å²) in [7, 11) is 0. The van der Waals surface area contributed by atoms with Crippen molar-refractivity contribution in [2.45, 2.75) is 65.7 Å². The van der Waals surface area contributed by atoms with Crippen LogP contribution in [-0.4, -0.2) is 64.5 Å². The van der Waals surface area contributed by atoms with Crippen LogP contribution in [0.25, 0.3) is 10.9 Å². The molecule has 1 aromatic heterocycles. The zero-order valence-corrected chi connectivity index (χ0v) is 18.9. The Kier molecular flexibility index (Phi) is 7.05. The maximum atomic E-state index is 11.6. The third-order valence-corrected chi connectivity index (χ3v) is 7.59. The Morgan fingerprint density at radius 1 is 1.19 bits per heavy atom. The number of aromatic amines is 1. The van der Waals surface area contributed by atoms with Crippen LogP contribution in [0.1, 0.15) is 37.7 Å². The molecule has 0 unspecified atom stereocenters. The molecule has 1 saturated carbocycles. The van der Waals surface area contributed by atoms with E-state index in [0.717, 1.165) is 0 Å². The molecule has 11 heteroatoms. The van der Waals surface area contributed by atoms with Crippen LogP contribution < -0.4 is 5.73 Å². The molecule has 2 fully saturated rings. The Morgan fingerprint density at radius 3 is 2.35 bits per heavy atom. The zero-order chi connectivity index (χ0) is 23.0. The van der Waals surface area contributed by atoms with Gasteiger partial charge in [-0.2, -0.15) is 0 Å². The summed E-state index contributed by atoms with van der Waals surface area (Å²) in [5.41, 5.74) is 3.24. The van der Waals surface area contributed by atoms with Gasteiger partial charge in [-0.15, -0.1) is 0 Å². The molecule has 0 radical (unpaired) electrons. The minimum absolute atomic E-state index is 0.118. The molecule has 1 aliphatic carbocycles. The first kappa shape index (κ1) is 24.4. The normalized spacial score (nSPS) is 36.6. The van der Waals surface area contributed by atoms with Gasteiger partial charge in [0.15, 0.2) is 18.0 Å². The van der Waals surface area contributed by atoms with Gasteiger partial charge in [0.05, 0.1) is 0 Å². The van der Waals surface area contributed by atoms with Gasteiger partial charge < -0.3 is 41.0 Å². The Labute approximate surface area is 191 Å². The molecule has 1 saturated heterocycles. The summed E-state index contributed by atoms with van der Waals surface area (Å²) in [6.45, 7) is 0. The number of hydrogen-bond acceptors (Lipinski definition) is 7. The minimum Gasteiger partial charge on any atom is -0.479 e. The van der Waals surface area contributed by atoms with Gasteiger partial charge in [-0.1, -0.05) is 49.1 Å². The number of para-hydroxylation sites is 1. The van der Waals surface area contributed by atoms with Gasteiger partial charge in [0.2, 0.25) is 9.57 Å². The fraction of sp³-hybridized carbons (Fsp3) is 0.550. The topological polar surface area (TPSA) is 169 Å². The number of ether oxygens (including phenoxy) is 1. The van der Waals surface area contributed by atoms with Gasteiger partial charge in [-0.3, -0.25) is 0 Å². The standard InChI is InChI=1S/C14H13BrClNO7.C6H13N/c15-13(22)11(20)24-9(10(18)19)12(21,14(13,16)23)7-5-17-8-4-2-1-3-6(7)8;7-6-4-2-1-3-5-6/h1-5,9,11,17,20-23H,(H,18,19);6H,1-5,7H2/t9-,11-,12-,13+,14+;/m1./s1. The Bertz CT molecular complexity index is 931. The van der Waals surface area contributed by atoms with Crippen molar-refractivity contribution in [1.82, 2.24) is 4.98 Å². The lowest BCUT2D eigenvalue weighted by atomic mass is 9.77. The molecule has 1 aliphatic heterocycles. The predicted molar refractivity (Wildman–Crippen MR) is 116 cm³/mol. The molecule has 172 valence electrons. The number of carboxylic acids is 1. The van der Waals surface area contributed by atoms with Crippen LogP contribution in [0.5, 0.6) is 0 Å². The van der Waals surface area contributed by atoms with Crippen LogP contribution in [0.2, 0.25) is 0 Å². The summed E-state index contributed by atoms with van der Waals surface area (Å²) >= 11 is 8.60. The summed E-state index contributed by atoms with van der Waals surface area (Å²) in [5, 5.41) is 48.5. The molecule has 8 N–H and O–H groups in total. The lowest BCUT2D eigenvalue weighted by Gasteiger charge is -2.53. The van der Waals surface area contributed by atoms with E-state index in [1.165, 1.54) is 38.3 Å². The Hall–Kier alpha value is -1.24. The lowest BCUT2D eigenvalue weighted by molar-refractivity contribution is -0.339. The van der Waals surface area contributed by atoms with Crippen molar-refractivity contribution in [3.05, 3.63) is 36.0 Å². The average Bonchev–Trinajstić information content (AvgIpc) is 3.15. The van der Waals surface area contributed by atoms with E-state index < -0.39 is 33.5 Å². The van der Waals surface area contributed by atoms with Crippen LogP contribution in [0.3, 0.4) is 0 Å². The van der Waals surface area contributed by atoms with Crippen molar-refractivity contribution < 1.29 is 35.1 Å². The van der Waals surface area contributed by atoms with E-state index >= 15 is 0 Å². The van der Waals surface area contributed by atoms with Crippen molar-refractivity contribution in [2.75, 3.05) is 0 Å². The van der Waals surface area contributed by atoms with Crippen LogP contribution >= 0.6 is 27.5 Å². The van der Waals surface area contributed by atoms with Gasteiger partial charge in [0, 0.05) is 28.7 Å². The van der Waals surface area contributed by atoms with E-state index in [4.69, 9.17) is 22.1 Å². The maximum Gasteiger partial charge on any atom is 0.336 e. The number of hydrogen-bond donors (Lipinski definition) is 7. The van der Waals surface area contributed by atoms with Gasteiger partial charge in [-0.25, -0.2) is 4.79 Å². The highest BCUT2D eigenvalue weighted by Crippen LogP contribution is 2.55. The number of aromatic nitrogens is 1. The van der Waals surface area contributed by atoms with E-state index in [1.54, 1.807) is 24.3 Å². The monoisotopic (exact) mass is 520 g/mol. The smallest absolute Gasteiger partial charge is 0.336 e. The second-order valence-corrected chi connectivity index (χ2v) is 9.67. The number of nitrogens with two attached hydrogens (primary N) is 1. The van der Waals surface area contributed by atoms with Crippen LogP contribution in [0.15, 0.2) is 30.5 Å². The van der Waals surface area contributed by atoms with Crippen molar-refractivity contribution >= 4 is 44.4 Å². The number of benzene rings is 1. The first-order valence-electron chi connectivity index (χ1n) is 9.88. The van der Waals surface area contributed by atoms with E-state index in [1.807, 2.05) is 0 Å². The molecule has 31 heavy (non-hydrogen) atoms. The highest BCUT2D eigenvalue weighted by Gasteiger charge is 2.74. The molecule has 2 aliphatic rings. The number of alkyl halides is 2. The molecule has 2 heterocycles. The van der Waals surface area contributed by atoms with E-state index in [0.29, 0.717) is 16.9 Å². The molecule has 0 amide bonds. The van der Waals surface area contributed by atoms with E-state index in [9.17, 15) is 30.3 Å². The number of fused-ring (bicyclic) bond motifs is 1. The predicted octanol–water partition coefficient (Wildman–Crippen LogP) is 1.45. The highest BCUT2D eigenvalue weighted by atomic mass is 79.9. The summed E-state index contributed by atoms with van der Waals surface area (Å²) in [4.78, 5) is 14.4. The molecule has 1 aromatic carbocycles.